The molecule has 4 aromatic carbocycles. The molecule has 0 aliphatic carbocycles. The Kier molecular flexibility index (Phi) is 13.9. The second-order valence-corrected chi connectivity index (χ2v) is 20.7. The lowest BCUT2D eigenvalue weighted by atomic mass is 9.93. The average molecular weight is 749 g/mol. The van der Waals surface area contributed by atoms with Gasteiger partial charge in [0.1, 0.15) is 12.4 Å². The van der Waals surface area contributed by atoms with E-state index in [1.54, 1.807) is 12.1 Å². The van der Waals surface area contributed by atoms with Gasteiger partial charge in [0.05, 0.1) is 28.3 Å². The summed E-state index contributed by atoms with van der Waals surface area (Å²) in [6.07, 6.45) is 1.41. The molecule has 4 rings (SSSR count). The average Bonchev–Trinajstić information content (AvgIpc) is 3.06. The van der Waals surface area contributed by atoms with Crippen LogP contribution < -0.4 is 20.7 Å². The second-order valence-electron chi connectivity index (χ2n) is 15.1. The fourth-order valence-electron chi connectivity index (χ4n) is 5.43. The van der Waals surface area contributed by atoms with E-state index in [-0.39, 0.29) is 29.0 Å². The molecule has 0 spiro atoms. The van der Waals surface area contributed by atoms with Gasteiger partial charge in [-0.25, -0.2) is 0 Å². The third-order valence-corrected chi connectivity index (χ3v) is 14.5. The Morgan fingerprint density at radius 3 is 2.22 bits per heavy atom. The Morgan fingerprint density at radius 2 is 1.53 bits per heavy atom. The number of halogens is 2. The smallest absolute Gasteiger partial charge is 0.224 e. The van der Waals surface area contributed by atoms with Crippen LogP contribution >= 0.6 is 23.2 Å². The van der Waals surface area contributed by atoms with E-state index >= 15 is 0 Å². The summed E-state index contributed by atoms with van der Waals surface area (Å²) >= 11 is 12.1. The number of hydrogen-bond donors (Lipinski definition) is 3. The summed E-state index contributed by atoms with van der Waals surface area (Å²) < 4.78 is 13.1. The SMILES string of the molecule is CC(C)(Cc1cccc(CC(=O)NCc2ccc(Cl)c(Cl)c2)c1)NC[C@H](O[Si](C)(C)C(C)(C)C)c1ccc(OCc2ccccc2)c(NC=O)c1. The molecule has 272 valence electrons. The summed E-state index contributed by atoms with van der Waals surface area (Å²) in [4.78, 5) is 24.4. The number of rotatable bonds is 17. The van der Waals surface area contributed by atoms with E-state index in [1.807, 2.05) is 66.7 Å². The van der Waals surface area contributed by atoms with Crippen molar-refractivity contribution in [1.82, 2.24) is 10.6 Å². The number of carbonyl (C=O) groups is 2. The molecule has 0 bridgehead atoms. The molecule has 0 saturated carbocycles. The number of anilines is 1. The van der Waals surface area contributed by atoms with Crippen LogP contribution in [0.1, 0.15) is 68.5 Å². The summed E-state index contributed by atoms with van der Waals surface area (Å²) in [6, 6.07) is 29.3. The molecule has 10 heteroatoms. The molecule has 4 aromatic rings. The van der Waals surface area contributed by atoms with Crippen LogP contribution in [0.15, 0.2) is 91.0 Å². The Labute approximate surface area is 314 Å². The van der Waals surface area contributed by atoms with Gasteiger partial charge in [0, 0.05) is 18.6 Å². The lowest BCUT2D eigenvalue weighted by Gasteiger charge is -2.40. The molecule has 7 nitrogen and oxygen atoms in total. The third-order valence-electron chi connectivity index (χ3n) is 9.31. The molecular formula is C41H51Cl2N3O4Si. The summed E-state index contributed by atoms with van der Waals surface area (Å²) in [7, 11) is -2.20. The first kappa shape index (κ1) is 40.1. The first-order valence-electron chi connectivity index (χ1n) is 17.3. The molecule has 2 amide bonds. The lowest BCUT2D eigenvalue weighted by molar-refractivity contribution is -0.120. The number of amides is 2. The molecular weight excluding hydrogens is 697 g/mol. The fourth-order valence-corrected chi connectivity index (χ4v) is 7.04. The normalized spacial score (nSPS) is 12.6. The van der Waals surface area contributed by atoms with Gasteiger partial charge < -0.3 is 25.1 Å². The van der Waals surface area contributed by atoms with Crippen LogP contribution in [0.2, 0.25) is 28.2 Å². The Hall–Kier alpha value is -3.66. The van der Waals surface area contributed by atoms with Crippen molar-refractivity contribution in [2.24, 2.45) is 0 Å². The summed E-state index contributed by atoms with van der Waals surface area (Å²) in [5.41, 5.74) is 5.25. The molecule has 3 N–H and O–H groups in total. The molecule has 0 aliphatic heterocycles. The quantitative estimate of drug-likeness (QED) is 0.0740. The highest BCUT2D eigenvalue weighted by molar-refractivity contribution is 6.74. The zero-order chi connectivity index (χ0) is 37.2. The van der Waals surface area contributed by atoms with Gasteiger partial charge in [-0.05, 0) is 90.5 Å². The van der Waals surface area contributed by atoms with Crippen molar-refractivity contribution in [1.29, 1.82) is 0 Å². The molecule has 0 aromatic heterocycles. The van der Waals surface area contributed by atoms with Gasteiger partial charge in [-0.3, -0.25) is 9.59 Å². The molecule has 0 unspecified atom stereocenters. The highest BCUT2D eigenvalue weighted by Gasteiger charge is 2.40. The highest BCUT2D eigenvalue weighted by Crippen LogP contribution is 2.41. The Balaban J connectivity index is 1.45. The standard InChI is InChI=1S/C41H51Cl2N3O4Si/c1-40(2,3)51(6,7)50-38(33-17-19-37(36(23-33)45-28-47)49-27-29-12-9-8-10-13-29)26-46-41(4,5)24-31-15-11-14-30(20-31)22-39(48)44-25-32-16-18-34(42)35(43)21-32/h8-21,23,28,38,46H,22,24-27H2,1-7H3,(H,44,48)(H,45,47)/t38-/m0/s1. The first-order valence-corrected chi connectivity index (χ1v) is 20.9. The van der Waals surface area contributed by atoms with Gasteiger partial charge in [-0.15, -0.1) is 0 Å². The fraction of sp³-hybridized carbons (Fsp3) is 0.366. The van der Waals surface area contributed by atoms with E-state index < -0.39 is 8.32 Å². The molecule has 0 fully saturated rings. The van der Waals surface area contributed by atoms with Gasteiger partial charge in [0.25, 0.3) is 0 Å². The van der Waals surface area contributed by atoms with E-state index in [1.165, 1.54) is 0 Å². The zero-order valence-electron chi connectivity index (χ0n) is 30.7. The van der Waals surface area contributed by atoms with E-state index in [0.717, 1.165) is 34.2 Å². The summed E-state index contributed by atoms with van der Waals surface area (Å²) in [5, 5.41) is 10.5. The van der Waals surface area contributed by atoms with Crippen molar-refractivity contribution in [2.75, 3.05) is 11.9 Å². The van der Waals surface area contributed by atoms with Crippen molar-refractivity contribution in [3.05, 3.63) is 129 Å². The number of carbonyl (C=O) groups excluding carboxylic acids is 2. The van der Waals surface area contributed by atoms with Crippen LogP contribution in [-0.4, -0.2) is 32.7 Å². The second kappa shape index (κ2) is 17.7. The number of nitrogens with one attached hydrogen (secondary N) is 3. The predicted octanol–water partition coefficient (Wildman–Crippen LogP) is 9.67. The first-order chi connectivity index (χ1) is 24.0. The van der Waals surface area contributed by atoms with Crippen LogP contribution in [0.5, 0.6) is 5.75 Å². The molecule has 51 heavy (non-hydrogen) atoms. The minimum atomic E-state index is -2.20. The monoisotopic (exact) mass is 747 g/mol. The van der Waals surface area contributed by atoms with Gasteiger partial charge in [-0.2, -0.15) is 0 Å². The minimum absolute atomic E-state index is 0.00201. The number of benzene rings is 4. The van der Waals surface area contributed by atoms with E-state index in [9.17, 15) is 9.59 Å². The van der Waals surface area contributed by atoms with Crippen LogP contribution in [0, 0.1) is 0 Å². The van der Waals surface area contributed by atoms with E-state index in [0.29, 0.717) is 47.6 Å². The minimum Gasteiger partial charge on any atom is -0.487 e. The van der Waals surface area contributed by atoms with Gasteiger partial charge in [0.2, 0.25) is 12.3 Å². The lowest BCUT2D eigenvalue weighted by Crippen LogP contribution is -2.47. The van der Waals surface area contributed by atoms with Gasteiger partial charge in [0.15, 0.2) is 8.32 Å². The van der Waals surface area contributed by atoms with E-state index in [2.05, 4.69) is 75.8 Å². The number of hydrogen-bond acceptors (Lipinski definition) is 5. The van der Waals surface area contributed by atoms with Crippen LogP contribution in [-0.2, 0) is 40.0 Å². The molecule has 1 atom stereocenters. The molecule has 0 saturated heterocycles. The number of ether oxygens (including phenoxy) is 1. The maximum absolute atomic E-state index is 12.8. The van der Waals surface area contributed by atoms with Gasteiger partial charge >= 0.3 is 0 Å². The van der Waals surface area contributed by atoms with Crippen LogP contribution in [0.3, 0.4) is 0 Å². The van der Waals surface area contributed by atoms with Crippen LogP contribution in [0.25, 0.3) is 0 Å². The van der Waals surface area contributed by atoms with Crippen molar-refractivity contribution in [3.63, 3.8) is 0 Å². The summed E-state index contributed by atoms with van der Waals surface area (Å²) in [6.45, 7) is 16.9. The summed E-state index contributed by atoms with van der Waals surface area (Å²) in [5.74, 6) is 0.526. The van der Waals surface area contributed by atoms with Crippen LogP contribution in [0.4, 0.5) is 5.69 Å². The third kappa shape index (κ3) is 12.2. The largest absolute Gasteiger partial charge is 0.487 e. The van der Waals surface area contributed by atoms with E-state index in [4.69, 9.17) is 32.4 Å². The zero-order valence-corrected chi connectivity index (χ0v) is 33.3. The molecule has 0 aliphatic rings. The predicted molar refractivity (Wildman–Crippen MR) is 212 cm³/mol. The van der Waals surface area contributed by atoms with Crippen molar-refractivity contribution in [3.8, 4) is 5.75 Å². The van der Waals surface area contributed by atoms with Crippen molar-refractivity contribution in [2.45, 2.75) is 90.4 Å². The Bertz CT molecular complexity index is 1780. The molecule has 0 heterocycles. The topological polar surface area (TPSA) is 88.7 Å². The molecule has 0 radical (unpaired) electrons. The van der Waals surface area contributed by atoms with Crippen molar-refractivity contribution < 1.29 is 18.8 Å². The highest BCUT2D eigenvalue weighted by atomic mass is 35.5. The maximum Gasteiger partial charge on any atom is 0.224 e. The van der Waals surface area contributed by atoms with Crippen molar-refractivity contribution >= 4 is 49.5 Å². The Morgan fingerprint density at radius 1 is 0.824 bits per heavy atom. The van der Waals surface area contributed by atoms with Gasteiger partial charge in [-0.1, -0.05) is 111 Å². The maximum atomic E-state index is 12.8.